The third-order valence-electron chi connectivity index (χ3n) is 10.7. The van der Waals surface area contributed by atoms with Crippen LogP contribution < -0.4 is 0 Å². The molecule has 0 aromatic heterocycles. The van der Waals surface area contributed by atoms with Crippen LogP contribution in [0.5, 0.6) is 0 Å². The van der Waals surface area contributed by atoms with Gasteiger partial charge in [-0.25, -0.2) is 0 Å². The highest BCUT2D eigenvalue weighted by atomic mass is 16.6. The van der Waals surface area contributed by atoms with Crippen LogP contribution in [0, 0.1) is 5.92 Å². The molecule has 0 atom stereocenters. The van der Waals surface area contributed by atoms with Gasteiger partial charge in [0.05, 0.1) is 106 Å². The number of hydrogen-bond acceptors (Lipinski definition) is 11. The Morgan fingerprint density at radius 2 is 1.10 bits per heavy atom. The Balaban J connectivity index is 0.983. The van der Waals surface area contributed by atoms with Gasteiger partial charge in [0.2, 0.25) is 0 Å². The third kappa shape index (κ3) is 13.7. The van der Waals surface area contributed by atoms with E-state index >= 15 is 0 Å². The first-order valence-corrected chi connectivity index (χ1v) is 18.8. The molecule has 1 aromatic rings. The van der Waals surface area contributed by atoms with Crippen LogP contribution in [0.15, 0.2) is 30.3 Å². The average Bonchev–Trinajstić information content (AvgIpc) is 3.43. The lowest BCUT2D eigenvalue weighted by Gasteiger charge is -2.52. The van der Waals surface area contributed by atoms with E-state index in [9.17, 15) is 0 Å². The summed E-state index contributed by atoms with van der Waals surface area (Å²) in [5, 5.41) is 0. The molecule has 1 aliphatic heterocycles. The van der Waals surface area contributed by atoms with Gasteiger partial charge in [-0.15, -0.1) is 0 Å². The summed E-state index contributed by atoms with van der Waals surface area (Å²) in [7, 11) is 6.20. The Hall–Kier alpha value is -1.22. The second-order valence-corrected chi connectivity index (χ2v) is 14.0. The standard InChI is InChI=1S/C38H67N3O8/c1-39(2)38(36-10-5-4-6-11-36)14-12-37(13-15-38)33-40(34-41(37)32-35-8-7-9-35)16-17-43-20-21-45-24-25-47-28-29-49-31-30-48-27-26-46-23-22-44-19-18-42-3/h4-6,10-11,35H,7-9,12-34H2,1-3H3. The van der Waals surface area contributed by atoms with Crippen LogP contribution in [0.1, 0.15) is 50.5 Å². The Morgan fingerprint density at radius 1 is 0.633 bits per heavy atom. The maximum Gasteiger partial charge on any atom is 0.0701 e. The first-order valence-electron chi connectivity index (χ1n) is 18.8. The lowest BCUT2D eigenvalue weighted by atomic mass is 9.68. The third-order valence-corrected chi connectivity index (χ3v) is 10.7. The largest absolute Gasteiger partial charge is 0.382 e. The zero-order valence-corrected chi connectivity index (χ0v) is 31.0. The van der Waals surface area contributed by atoms with E-state index in [4.69, 9.17) is 37.9 Å². The predicted octanol–water partition coefficient (Wildman–Crippen LogP) is 3.89. The summed E-state index contributed by atoms with van der Waals surface area (Å²) in [6.07, 6.45) is 9.14. The van der Waals surface area contributed by atoms with Crippen molar-refractivity contribution >= 4 is 0 Å². The number of rotatable bonds is 28. The summed E-state index contributed by atoms with van der Waals surface area (Å²) < 4.78 is 44.0. The van der Waals surface area contributed by atoms with Crippen molar-refractivity contribution in [1.82, 2.24) is 14.7 Å². The number of benzene rings is 1. The Kier molecular flexibility index (Phi) is 19.3. The van der Waals surface area contributed by atoms with Crippen molar-refractivity contribution in [3.8, 4) is 0 Å². The van der Waals surface area contributed by atoms with Gasteiger partial charge < -0.3 is 37.9 Å². The molecule has 1 saturated heterocycles. The Morgan fingerprint density at radius 3 is 1.53 bits per heavy atom. The molecule has 1 spiro atoms. The number of methoxy groups -OCH3 is 1. The van der Waals surface area contributed by atoms with Crippen LogP contribution in [0.3, 0.4) is 0 Å². The zero-order chi connectivity index (χ0) is 34.5. The minimum absolute atomic E-state index is 0.136. The van der Waals surface area contributed by atoms with Crippen molar-refractivity contribution in [2.75, 3.05) is 147 Å². The van der Waals surface area contributed by atoms with E-state index < -0.39 is 0 Å². The SMILES string of the molecule is COCCOCCOCCOCCOCCOCCOCCOCCN1CN(CC2CCC2)C2(CCC(c3ccccc3)(N(C)C)CC2)C1. The highest BCUT2D eigenvalue weighted by Gasteiger charge is 2.51. The van der Waals surface area contributed by atoms with Gasteiger partial charge in [0.25, 0.3) is 0 Å². The van der Waals surface area contributed by atoms with Crippen molar-refractivity contribution in [2.45, 2.75) is 56.0 Å². The summed E-state index contributed by atoms with van der Waals surface area (Å²) in [5.74, 6) is 0.885. The van der Waals surface area contributed by atoms with Crippen LogP contribution in [0.2, 0.25) is 0 Å². The van der Waals surface area contributed by atoms with E-state index in [-0.39, 0.29) is 5.54 Å². The molecule has 4 rings (SSSR count). The van der Waals surface area contributed by atoms with Crippen LogP contribution in [0.25, 0.3) is 0 Å². The van der Waals surface area contributed by atoms with E-state index in [2.05, 4.69) is 59.1 Å². The molecule has 282 valence electrons. The predicted molar refractivity (Wildman–Crippen MR) is 191 cm³/mol. The zero-order valence-electron chi connectivity index (χ0n) is 31.0. The molecule has 1 heterocycles. The second-order valence-electron chi connectivity index (χ2n) is 14.0. The van der Waals surface area contributed by atoms with Crippen LogP contribution in [-0.4, -0.2) is 167 Å². The van der Waals surface area contributed by atoms with Gasteiger partial charge in [0.15, 0.2) is 0 Å². The average molecular weight is 694 g/mol. The minimum atomic E-state index is 0.136. The Bertz CT molecular complexity index is 962. The first-order chi connectivity index (χ1) is 24.1. The van der Waals surface area contributed by atoms with Crippen molar-refractivity contribution in [2.24, 2.45) is 5.92 Å². The highest BCUT2D eigenvalue weighted by Crippen LogP contribution is 2.49. The van der Waals surface area contributed by atoms with Crippen molar-refractivity contribution in [3.05, 3.63) is 35.9 Å². The molecular weight excluding hydrogens is 626 g/mol. The molecule has 0 radical (unpaired) electrons. The summed E-state index contributed by atoms with van der Waals surface area (Å²) >= 11 is 0. The molecule has 3 aliphatic rings. The van der Waals surface area contributed by atoms with Gasteiger partial charge in [-0.05, 0) is 64.1 Å². The molecule has 1 aromatic carbocycles. The molecule has 0 N–H and O–H groups in total. The van der Waals surface area contributed by atoms with E-state index in [0.29, 0.717) is 98.0 Å². The molecular formula is C38H67N3O8. The lowest BCUT2D eigenvalue weighted by Crippen LogP contribution is -2.56. The molecule has 11 heteroatoms. The summed E-state index contributed by atoms with van der Waals surface area (Å²) in [6.45, 7) is 13.1. The summed E-state index contributed by atoms with van der Waals surface area (Å²) in [4.78, 5) is 7.99. The molecule has 11 nitrogen and oxygen atoms in total. The fourth-order valence-corrected chi connectivity index (χ4v) is 7.45. The van der Waals surface area contributed by atoms with E-state index in [1.165, 1.54) is 57.1 Å². The molecule has 0 unspecified atom stereocenters. The minimum Gasteiger partial charge on any atom is -0.382 e. The van der Waals surface area contributed by atoms with Gasteiger partial charge in [-0.3, -0.25) is 14.7 Å². The van der Waals surface area contributed by atoms with E-state index in [1.807, 2.05) is 0 Å². The number of nitrogens with zero attached hydrogens (tertiary/aromatic N) is 3. The maximum atomic E-state index is 6.00. The number of hydrogen-bond donors (Lipinski definition) is 0. The highest BCUT2D eigenvalue weighted by molar-refractivity contribution is 5.26. The smallest absolute Gasteiger partial charge is 0.0701 e. The van der Waals surface area contributed by atoms with E-state index in [1.54, 1.807) is 7.11 Å². The van der Waals surface area contributed by atoms with Gasteiger partial charge in [-0.1, -0.05) is 36.8 Å². The summed E-state index contributed by atoms with van der Waals surface area (Å²) in [5.41, 5.74) is 1.90. The Labute approximate surface area is 296 Å². The molecule has 49 heavy (non-hydrogen) atoms. The molecule has 0 bridgehead atoms. The fourth-order valence-electron chi connectivity index (χ4n) is 7.45. The normalized spacial score (nSPS) is 23.6. The molecule has 2 saturated carbocycles. The maximum absolute atomic E-state index is 6.00. The fraction of sp³-hybridized carbons (Fsp3) is 0.842. The first kappa shape index (κ1) is 40.5. The second kappa shape index (κ2) is 23.4. The topological polar surface area (TPSA) is 83.6 Å². The van der Waals surface area contributed by atoms with E-state index in [0.717, 1.165) is 32.3 Å². The van der Waals surface area contributed by atoms with Gasteiger partial charge in [0, 0.05) is 37.8 Å². The molecule has 2 aliphatic carbocycles. The summed E-state index contributed by atoms with van der Waals surface area (Å²) in [6, 6.07) is 11.2. The van der Waals surface area contributed by atoms with Crippen molar-refractivity contribution in [3.63, 3.8) is 0 Å². The van der Waals surface area contributed by atoms with Gasteiger partial charge in [0.1, 0.15) is 0 Å². The molecule has 0 amide bonds. The monoisotopic (exact) mass is 693 g/mol. The quantitative estimate of drug-likeness (QED) is 0.120. The van der Waals surface area contributed by atoms with Gasteiger partial charge >= 0.3 is 0 Å². The van der Waals surface area contributed by atoms with Crippen LogP contribution >= 0.6 is 0 Å². The number of ether oxygens (including phenoxy) is 8. The van der Waals surface area contributed by atoms with Crippen LogP contribution in [-0.2, 0) is 43.4 Å². The van der Waals surface area contributed by atoms with Gasteiger partial charge in [-0.2, -0.15) is 0 Å². The lowest BCUT2D eigenvalue weighted by molar-refractivity contribution is -0.0225. The van der Waals surface area contributed by atoms with Crippen molar-refractivity contribution < 1.29 is 37.9 Å². The van der Waals surface area contributed by atoms with Crippen LogP contribution in [0.4, 0.5) is 0 Å². The molecule has 3 fully saturated rings. The van der Waals surface area contributed by atoms with Crippen molar-refractivity contribution in [1.29, 1.82) is 0 Å².